The molecule has 0 aromatic carbocycles. The number of rotatable bonds is 7. The van der Waals surface area contributed by atoms with Gasteiger partial charge in [-0.2, -0.15) is 0 Å². The summed E-state index contributed by atoms with van der Waals surface area (Å²) < 4.78 is 4.74. The Hall–Kier alpha value is -1.17. The van der Waals surface area contributed by atoms with Crippen molar-refractivity contribution in [2.45, 2.75) is 51.6 Å². The van der Waals surface area contributed by atoms with Crippen molar-refractivity contribution in [1.29, 1.82) is 0 Å². The lowest BCUT2D eigenvalue weighted by Crippen LogP contribution is -2.34. The molecule has 1 atom stereocenters. The number of hydrogen-bond acceptors (Lipinski definition) is 5. The summed E-state index contributed by atoms with van der Waals surface area (Å²) in [7, 11) is 0. The van der Waals surface area contributed by atoms with Gasteiger partial charge in [-0.3, -0.25) is 14.9 Å². The molecule has 2 N–H and O–H groups in total. The molecule has 0 amide bonds. The molecule has 0 rings (SSSR count). The summed E-state index contributed by atoms with van der Waals surface area (Å²) in [4.78, 5) is 21.5. The molecule has 0 aromatic rings. The quantitative estimate of drug-likeness (QED) is 0.403. The maximum atomic E-state index is 11.2. The smallest absolute Gasteiger partial charge is 0.322 e. The van der Waals surface area contributed by atoms with Crippen LogP contribution < -0.4 is 5.73 Å². The van der Waals surface area contributed by atoms with Gasteiger partial charge in [-0.25, -0.2) is 0 Å². The Morgan fingerprint density at radius 1 is 1.56 bits per heavy atom. The third-order valence-corrected chi connectivity index (χ3v) is 2.39. The second kappa shape index (κ2) is 6.42. The first-order valence-corrected chi connectivity index (χ1v) is 5.38. The van der Waals surface area contributed by atoms with E-state index in [0.29, 0.717) is 25.9 Å². The van der Waals surface area contributed by atoms with Gasteiger partial charge in [0, 0.05) is 25.2 Å². The highest BCUT2D eigenvalue weighted by Crippen LogP contribution is 2.17. The standard InChI is InChI=1S/C10H20N2O4/c1-4-16-9(13)8(11)6-5-7-10(2,3)12(14)15/h8H,4-7,11H2,1-3H3. The van der Waals surface area contributed by atoms with E-state index in [1.807, 2.05) is 0 Å². The predicted molar refractivity (Wildman–Crippen MR) is 59.5 cm³/mol. The number of nitrogens with zero attached hydrogens (tertiary/aromatic N) is 1. The molecule has 0 radical (unpaired) electrons. The van der Waals surface area contributed by atoms with Crippen molar-refractivity contribution in [2.75, 3.05) is 6.61 Å². The summed E-state index contributed by atoms with van der Waals surface area (Å²) >= 11 is 0. The van der Waals surface area contributed by atoms with Gasteiger partial charge in [0.05, 0.1) is 6.61 Å². The zero-order valence-corrected chi connectivity index (χ0v) is 10.1. The van der Waals surface area contributed by atoms with E-state index in [4.69, 9.17) is 10.5 Å². The lowest BCUT2D eigenvalue weighted by molar-refractivity contribution is -0.561. The van der Waals surface area contributed by atoms with Crippen LogP contribution in [0.1, 0.15) is 40.0 Å². The fourth-order valence-corrected chi connectivity index (χ4v) is 1.21. The van der Waals surface area contributed by atoms with Gasteiger partial charge in [0.1, 0.15) is 6.04 Å². The molecule has 1 unspecified atom stereocenters. The molecule has 0 heterocycles. The number of nitro groups is 1. The normalized spacial score (nSPS) is 13.2. The minimum atomic E-state index is -0.964. The van der Waals surface area contributed by atoms with Crippen LogP contribution in [0.15, 0.2) is 0 Å². The van der Waals surface area contributed by atoms with Crippen LogP contribution in [-0.4, -0.2) is 29.1 Å². The van der Waals surface area contributed by atoms with E-state index >= 15 is 0 Å². The maximum Gasteiger partial charge on any atom is 0.322 e. The molecular formula is C10H20N2O4. The molecule has 0 fully saturated rings. The van der Waals surface area contributed by atoms with Crippen molar-refractivity contribution < 1.29 is 14.5 Å². The van der Waals surface area contributed by atoms with Crippen LogP contribution in [0.2, 0.25) is 0 Å². The lowest BCUT2D eigenvalue weighted by Gasteiger charge is -2.16. The molecular weight excluding hydrogens is 212 g/mol. The van der Waals surface area contributed by atoms with Crippen molar-refractivity contribution in [1.82, 2.24) is 0 Å². The molecule has 0 aromatic heterocycles. The monoisotopic (exact) mass is 232 g/mol. The van der Waals surface area contributed by atoms with Gasteiger partial charge in [-0.15, -0.1) is 0 Å². The number of carbonyl (C=O) groups is 1. The van der Waals surface area contributed by atoms with Gasteiger partial charge in [-0.1, -0.05) is 0 Å². The first-order valence-electron chi connectivity index (χ1n) is 5.38. The minimum absolute atomic E-state index is 0.299. The fourth-order valence-electron chi connectivity index (χ4n) is 1.21. The third kappa shape index (κ3) is 5.06. The average molecular weight is 232 g/mol. The van der Waals surface area contributed by atoms with E-state index in [-0.39, 0.29) is 4.92 Å². The van der Waals surface area contributed by atoms with Crippen molar-refractivity contribution in [3.8, 4) is 0 Å². The highest BCUT2D eigenvalue weighted by molar-refractivity contribution is 5.75. The average Bonchev–Trinajstić information content (AvgIpc) is 2.17. The summed E-state index contributed by atoms with van der Waals surface area (Å²) in [5.41, 5.74) is 4.60. The van der Waals surface area contributed by atoms with Crippen LogP contribution in [0.25, 0.3) is 0 Å². The first kappa shape index (κ1) is 14.8. The molecule has 94 valence electrons. The molecule has 0 saturated carbocycles. The molecule has 0 aliphatic heterocycles. The van der Waals surface area contributed by atoms with Crippen LogP contribution in [0.3, 0.4) is 0 Å². The Balaban J connectivity index is 3.90. The van der Waals surface area contributed by atoms with Gasteiger partial charge in [0.2, 0.25) is 5.54 Å². The van der Waals surface area contributed by atoms with E-state index in [2.05, 4.69) is 0 Å². The highest BCUT2D eigenvalue weighted by atomic mass is 16.6. The number of nitrogens with two attached hydrogens (primary N) is 1. The van der Waals surface area contributed by atoms with Gasteiger partial charge >= 0.3 is 5.97 Å². The number of carbonyl (C=O) groups excluding carboxylic acids is 1. The Morgan fingerprint density at radius 3 is 2.56 bits per heavy atom. The van der Waals surface area contributed by atoms with Crippen LogP contribution in [0.4, 0.5) is 0 Å². The van der Waals surface area contributed by atoms with Crippen molar-refractivity contribution in [2.24, 2.45) is 5.73 Å². The number of ether oxygens (including phenoxy) is 1. The number of hydrogen-bond donors (Lipinski definition) is 1. The van der Waals surface area contributed by atoms with E-state index in [1.54, 1.807) is 20.8 Å². The van der Waals surface area contributed by atoms with Gasteiger partial charge in [0.15, 0.2) is 0 Å². The molecule has 0 aliphatic carbocycles. The fraction of sp³-hybridized carbons (Fsp3) is 0.900. The summed E-state index contributed by atoms with van der Waals surface area (Å²) in [6.45, 7) is 5.12. The zero-order valence-electron chi connectivity index (χ0n) is 10.1. The SMILES string of the molecule is CCOC(=O)C(N)CCCC(C)(C)[N+](=O)[O-]. The van der Waals surface area contributed by atoms with Crippen LogP contribution in [0, 0.1) is 10.1 Å². The minimum Gasteiger partial charge on any atom is -0.465 e. The van der Waals surface area contributed by atoms with Gasteiger partial charge in [0.25, 0.3) is 0 Å². The van der Waals surface area contributed by atoms with Crippen molar-refractivity contribution >= 4 is 5.97 Å². The van der Waals surface area contributed by atoms with E-state index < -0.39 is 17.6 Å². The van der Waals surface area contributed by atoms with Gasteiger partial charge < -0.3 is 10.5 Å². The lowest BCUT2D eigenvalue weighted by atomic mass is 9.97. The summed E-state index contributed by atoms with van der Waals surface area (Å²) in [5, 5.41) is 10.6. The summed E-state index contributed by atoms with van der Waals surface area (Å²) in [5.74, 6) is -0.443. The number of esters is 1. The largest absolute Gasteiger partial charge is 0.465 e. The van der Waals surface area contributed by atoms with Crippen LogP contribution >= 0.6 is 0 Å². The maximum absolute atomic E-state index is 11.2. The Bertz CT molecular complexity index is 253. The van der Waals surface area contributed by atoms with Crippen molar-refractivity contribution in [3.63, 3.8) is 0 Å². The van der Waals surface area contributed by atoms with Gasteiger partial charge in [-0.05, 0) is 19.8 Å². The van der Waals surface area contributed by atoms with E-state index in [1.165, 1.54) is 0 Å². The molecule has 0 saturated heterocycles. The highest BCUT2D eigenvalue weighted by Gasteiger charge is 2.30. The van der Waals surface area contributed by atoms with E-state index in [9.17, 15) is 14.9 Å². The molecule has 16 heavy (non-hydrogen) atoms. The van der Waals surface area contributed by atoms with Crippen LogP contribution in [-0.2, 0) is 9.53 Å². The summed E-state index contributed by atoms with van der Waals surface area (Å²) in [6, 6.07) is -0.678. The van der Waals surface area contributed by atoms with Crippen molar-refractivity contribution in [3.05, 3.63) is 10.1 Å². The second-order valence-corrected chi connectivity index (χ2v) is 4.32. The Kier molecular flexibility index (Phi) is 5.95. The Morgan fingerprint density at radius 2 is 2.12 bits per heavy atom. The zero-order chi connectivity index (χ0) is 12.8. The topological polar surface area (TPSA) is 95.5 Å². The molecule has 6 heteroatoms. The molecule has 0 bridgehead atoms. The predicted octanol–water partition coefficient (Wildman–Crippen LogP) is 1.10. The third-order valence-electron chi connectivity index (χ3n) is 2.39. The van der Waals surface area contributed by atoms with E-state index in [0.717, 1.165) is 0 Å². The second-order valence-electron chi connectivity index (χ2n) is 4.32. The molecule has 6 nitrogen and oxygen atoms in total. The summed E-state index contributed by atoms with van der Waals surface area (Å²) in [6.07, 6.45) is 1.34. The molecule has 0 aliphatic rings. The first-order chi connectivity index (χ1) is 7.31. The Labute approximate surface area is 95.3 Å². The molecule has 0 spiro atoms. The van der Waals surface area contributed by atoms with Crippen LogP contribution in [0.5, 0.6) is 0 Å².